The zero-order valence-corrected chi connectivity index (χ0v) is 16.1. The number of hydrogen-bond donors (Lipinski definition) is 1. The van der Waals surface area contributed by atoms with Crippen molar-refractivity contribution in [3.63, 3.8) is 0 Å². The number of nitrogens with one attached hydrogen (secondary N) is 1. The van der Waals surface area contributed by atoms with Gasteiger partial charge in [0, 0.05) is 54.7 Å². The lowest BCUT2D eigenvalue weighted by Crippen LogP contribution is -2.26. The second-order valence-electron chi connectivity index (χ2n) is 5.89. The van der Waals surface area contributed by atoms with Gasteiger partial charge in [0.15, 0.2) is 5.78 Å². The highest BCUT2D eigenvalue weighted by atomic mass is 35.5. The van der Waals surface area contributed by atoms with E-state index in [-0.39, 0.29) is 24.5 Å². The van der Waals surface area contributed by atoms with Crippen LogP contribution in [0, 0.1) is 0 Å². The van der Waals surface area contributed by atoms with E-state index in [1.807, 2.05) is 17.5 Å². The second kappa shape index (κ2) is 9.39. The van der Waals surface area contributed by atoms with Gasteiger partial charge in [-0.1, -0.05) is 23.7 Å². The molecule has 3 aromatic rings. The van der Waals surface area contributed by atoms with Crippen molar-refractivity contribution >= 4 is 34.6 Å². The summed E-state index contributed by atoms with van der Waals surface area (Å²) in [6.45, 7) is 0.481. The molecule has 0 aliphatic rings. The first kappa shape index (κ1) is 19.2. The van der Waals surface area contributed by atoms with Crippen molar-refractivity contribution in [1.82, 2.24) is 15.3 Å². The van der Waals surface area contributed by atoms with Crippen LogP contribution in [0.4, 0.5) is 0 Å². The Morgan fingerprint density at radius 2 is 1.96 bits per heavy atom. The monoisotopic (exact) mass is 399 g/mol. The summed E-state index contributed by atoms with van der Waals surface area (Å²) < 4.78 is 0. The molecule has 0 radical (unpaired) electrons. The first-order valence-electron chi connectivity index (χ1n) is 8.52. The van der Waals surface area contributed by atoms with Crippen LogP contribution in [0.15, 0.2) is 54.2 Å². The van der Waals surface area contributed by atoms with Gasteiger partial charge in [0.05, 0.1) is 10.7 Å². The molecule has 0 spiro atoms. The molecule has 27 heavy (non-hydrogen) atoms. The van der Waals surface area contributed by atoms with Crippen molar-refractivity contribution in [2.24, 2.45) is 0 Å². The first-order valence-corrected chi connectivity index (χ1v) is 9.78. The maximum absolute atomic E-state index is 12.1. The molecule has 3 rings (SSSR count). The summed E-state index contributed by atoms with van der Waals surface area (Å²) in [7, 11) is 0. The SMILES string of the molecule is O=C(CCC(=O)c1ccccc1Cl)NCCc1csc(-c2cccnc2)n1. The van der Waals surface area contributed by atoms with E-state index >= 15 is 0 Å². The van der Waals surface area contributed by atoms with Crippen LogP contribution >= 0.6 is 22.9 Å². The van der Waals surface area contributed by atoms with Crippen LogP contribution < -0.4 is 5.32 Å². The van der Waals surface area contributed by atoms with Gasteiger partial charge in [0.25, 0.3) is 0 Å². The van der Waals surface area contributed by atoms with E-state index in [1.165, 1.54) is 0 Å². The van der Waals surface area contributed by atoms with Crippen molar-refractivity contribution in [1.29, 1.82) is 0 Å². The molecule has 0 unspecified atom stereocenters. The number of Topliss-reactive ketones (excluding diaryl/α,β-unsaturated/α-hetero) is 1. The minimum absolute atomic E-state index is 0.128. The molecule has 0 aliphatic carbocycles. The first-order chi connectivity index (χ1) is 13.1. The molecule has 2 aromatic heterocycles. The van der Waals surface area contributed by atoms with Gasteiger partial charge in [0.1, 0.15) is 5.01 Å². The van der Waals surface area contributed by atoms with Crippen LogP contribution in [-0.4, -0.2) is 28.2 Å². The summed E-state index contributed by atoms with van der Waals surface area (Å²) >= 11 is 7.55. The van der Waals surface area contributed by atoms with E-state index < -0.39 is 0 Å². The maximum atomic E-state index is 12.1. The van der Waals surface area contributed by atoms with Crippen LogP contribution in [0.5, 0.6) is 0 Å². The molecule has 0 fully saturated rings. The standard InChI is InChI=1S/C20H18ClN3O2S/c21-17-6-2-1-5-16(17)18(25)7-8-19(26)23-11-9-15-13-27-20(24-15)14-4-3-10-22-12-14/h1-6,10,12-13H,7-9,11H2,(H,23,26). The highest BCUT2D eigenvalue weighted by Gasteiger charge is 2.12. The number of carbonyl (C=O) groups is 2. The number of halogens is 1. The number of rotatable bonds is 8. The summed E-state index contributed by atoms with van der Waals surface area (Å²) in [5.41, 5.74) is 2.36. The molecular formula is C20H18ClN3O2S. The summed E-state index contributed by atoms with van der Waals surface area (Å²) in [4.78, 5) is 32.7. The van der Waals surface area contributed by atoms with Gasteiger partial charge in [-0.3, -0.25) is 14.6 Å². The number of pyridine rings is 1. The predicted molar refractivity (Wildman–Crippen MR) is 107 cm³/mol. The van der Waals surface area contributed by atoms with Crippen molar-refractivity contribution in [2.75, 3.05) is 6.54 Å². The zero-order valence-electron chi connectivity index (χ0n) is 14.5. The van der Waals surface area contributed by atoms with E-state index in [0.29, 0.717) is 23.6 Å². The van der Waals surface area contributed by atoms with Crippen LogP contribution in [-0.2, 0) is 11.2 Å². The fourth-order valence-electron chi connectivity index (χ4n) is 2.51. The Balaban J connectivity index is 1.42. The number of hydrogen-bond acceptors (Lipinski definition) is 5. The molecule has 0 aliphatic heterocycles. The quantitative estimate of drug-likeness (QED) is 0.577. The molecule has 0 bridgehead atoms. The number of nitrogens with zero attached hydrogens (tertiary/aromatic N) is 2. The molecule has 138 valence electrons. The van der Waals surface area contributed by atoms with E-state index in [2.05, 4.69) is 15.3 Å². The number of benzene rings is 1. The molecule has 7 heteroatoms. The largest absolute Gasteiger partial charge is 0.356 e. The topological polar surface area (TPSA) is 72.0 Å². The number of aromatic nitrogens is 2. The highest BCUT2D eigenvalue weighted by molar-refractivity contribution is 7.13. The number of carbonyl (C=O) groups excluding carboxylic acids is 2. The average Bonchev–Trinajstić information content (AvgIpc) is 3.16. The van der Waals surface area contributed by atoms with Crippen molar-refractivity contribution in [3.05, 3.63) is 70.5 Å². The van der Waals surface area contributed by atoms with E-state index in [0.717, 1.165) is 16.3 Å². The van der Waals surface area contributed by atoms with E-state index in [4.69, 9.17) is 11.6 Å². The zero-order chi connectivity index (χ0) is 19.1. The van der Waals surface area contributed by atoms with Crippen LogP contribution in [0.1, 0.15) is 28.9 Å². The third kappa shape index (κ3) is 5.45. The molecular weight excluding hydrogens is 382 g/mol. The lowest BCUT2D eigenvalue weighted by Gasteiger charge is -2.05. The van der Waals surface area contributed by atoms with Crippen molar-refractivity contribution in [2.45, 2.75) is 19.3 Å². The third-order valence-corrected chi connectivity index (χ3v) is 5.19. The summed E-state index contributed by atoms with van der Waals surface area (Å²) in [6, 6.07) is 10.7. The third-order valence-electron chi connectivity index (χ3n) is 3.92. The molecule has 0 atom stereocenters. The fraction of sp³-hybridized carbons (Fsp3) is 0.200. The Morgan fingerprint density at radius 3 is 2.74 bits per heavy atom. The predicted octanol–water partition coefficient (Wildman–Crippen LogP) is 4.18. The van der Waals surface area contributed by atoms with Crippen LogP contribution in [0.2, 0.25) is 5.02 Å². The number of amides is 1. The van der Waals surface area contributed by atoms with Gasteiger partial charge in [-0.25, -0.2) is 4.98 Å². The van der Waals surface area contributed by atoms with Crippen LogP contribution in [0.25, 0.3) is 10.6 Å². The minimum atomic E-state index is -0.155. The van der Waals surface area contributed by atoms with Crippen LogP contribution in [0.3, 0.4) is 0 Å². The smallest absolute Gasteiger partial charge is 0.220 e. The van der Waals surface area contributed by atoms with Crippen molar-refractivity contribution < 1.29 is 9.59 Å². The Bertz CT molecular complexity index is 928. The van der Waals surface area contributed by atoms with Gasteiger partial charge in [-0.15, -0.1) is 11.3 Å². The van der Waals surface area contributed by atoms with Gasteiger partial charge in [0.2, 0.25) is 5.91 Å². The van der Waals surface area contributed by atoms with Gasteiger partial charge < -0.3 is 5.32 Å². The Labute approximate surface area is 166 Å². The average molecular weight is 400 g/mol. The summed E-state index contributed by atoms with van der Waals surface area (Å²) in [5.74, 6) is -0.283. The Kier molecular flexibility index (Phi) is 6.68. The normalized spacial score (nSPS) is 10.6. The molecule has 2 heterocycles. The molecule has 1 amide bonds. The highest BCUT2D eigenvalue weighted by Crippen LogP contribution is 2.22. The summed E-state index contributed by atoms with van der Waals surface area (Å²) in [5, 5.41) is 6.14. The van der Waals surface area contributed by atoms with Gasteiger partial charge >= 0.3 is 0 Å². The van der Waals surface area contributed by atoms with Gasteiger partial charge in [-0.2, -0.15) is 0 Å². The van der Waals surface area contributed by atoms with Crippen molar-refractivity contribution in [3.8, 4) is 10.6 Å². The fourth-order valence-corrected chi connectivity index (χ4v) is 3.60. The van der Waals surface area contributed by atoms with E-state index in [9.17, 15) is 9.59 Å². The number of thiazole rings is 1. The van der Waals surface area contributed by atoms with Gasteiger partial charge in [-0.05, 0) is 24.3 Å². The second-order valence-corrected chi connectivity index (χ2v) is 7.15. The molecule has 5 nitrogen and oxygen atoms in total. The van der Waals surface area contributed by atoms with E-state index in [1.54, 1.807) is 48.0 Å². The molecule has 1 N–H and O–H groups in total. The molecule has 1 aromatic carbocycles. The lowest BCUT2D eigenvalue weighted by molar-refractivity contribution is -0.121. The molecule has 0 saturated heterocycles. The summed E-state index contributed by atoms with van der Waals surface area (Å²) in [6.07, 6.45) is 4.42. The molecule has 0 saturated carbocycles. The lowest BCUT2D eigenvalue weighted by atomic mass is 10.1. The minimum Gasteiger partial charge on any atom is -0.356 e. The Morgan fingerprint density at radius 1 is 1.11 bits per heavy atom. The maximum Gasteiger partial charge on any atom is 0.220 e. The Hall–Kier alpha value is -2.57. The number of ketones is 1.